The van der Waals surface area contributed by atoms with Crippen molar-refractivity contribution >= 4 is 50.0 Å². The molecule has 0 bridgehead atoms. The lowest BCUT2D eigenvalue weighted by atomic mass is 9.96. The first-order chi connectivity index (χ1) is 14.3. The van der Waals surface area contributed by atoms with Gasteiger partial charge in [0.1, 0.15) is 18.5 Å². The van der Waals surface area contributed by atoms with Gasteiger partial charge in [0.15, 0.2) is 11.6 Å². The zero-order valence-corrected chi connectivity index (χ0v) is 19.6. The number of nitrogens with zero attached hydrogens (tertiary/aromatic N) is 1. The van der Waals surface area contributed by atoms with Gasteiger partial charge in [-0.25, -0.2) is 4.39 Å². The molecule has 158 valence electrons. The average Bonchev–Trinajstić information content (AvgIpc) is 3.30. The third kappa shape index (κ3) is 4.88. The third-order valence-corrected chi connectivity index (χ3v) is 6.46. The molecule has 4 rings (SSSR count). The van der Waals surface area contributed by atoms with Crippen LogP contribution in [-0.2, 0) is 20.6 Å². The first-order valence-corrected chi connectivity index (χ1v) is 11.4. The Morgan fingerprint density at radius 2 is 2.20 bits per heavy atom. The summed E-state index contributed by atoms with van der Waals surface area (Å²) in [5.41, 5.74) is 1.86. The SMILES string of the molecule is CC1(C)OC[C@H](COCC(=O)c2ccc3cnsc3c2Cc2ccc(I)cc2F)O1. The molecule has 0 aliphatic carbocycles. The molecule has 1 atom stereocenters. The number of benzene rings is 2. The smallest absolute Gasteiger partial charge is 0.188 e. The summed E-state index contributed by atoms with van der Waals surface area (Å²) in [6.07, 6.45) is 1.88. The minimum Gasteiger partial charge on any atom is -0.371 e. The highest BCUT2D eigenvalue weighted by molar-refractivity contribution is 14.1. The second kappa shape index (κ2) is 8.96. The van der Waals surface area contributed by atoms with E-state index in [1.807, 2.05) is 26.0 Å². The largest absolute Gasteiger partial charge is 0.371 e. The molecule has 1 aromatic heterocycles. The van der Waals surface area contributed by atoms with Crippen LogP contribution < -0.4 is 0 Å². The maximum absolute atomic E-state index is 14.5. The van der Waals surface area contributed by atoms with Crippen molar-refractivity contribution in [3.8, 4) is 0 Å². The van der Waals surface area contributed by atoms with Crippen LogP contribution in [0.3, 0.4) is 0 Å². The van der Waals surface area contributed by atoms with Crippen LogP contribution in [0.1, 0.15) is 35.3 Å². The maximum Gasteiger partial charge on any atom is 0.188 e. The fraction of sp³-hybridized carbons (Fsp3) is 0.364. The number of aromatic nitrogens is 1. The van der Waals surface area contributed by atoms with E-state index in [1.165, 1.54) is 17.6 Å². The fourth-order valence-corrected chi connectivity index (χ4v) is 4.73. The zero-order chi connectivity index (χ0) is 21.3. The van der Waals surface area contributed by atoms with E-state index in [4.69, 9.17) is 14.2 Å². The molecule has 0 unspecified atom stereocenters. The number of ether oxygens (including phenoxy) is 3. The van der Waals surface area contributed by atoms with Crippen molar-refractivity contribution < 1.29 is 23.4 Å². The summed E-state index contributed by atoms with van der Waals surface area (Å²) >= 11 is 3.39. The molecular weight excluding hydrogens is 520 g/mol. The topological polar surface area (TPSA) is 57.7 Å². The molecule has 0 saturated carbocycles. The molecule has 1 aliphatic heterocycles. The van der Waals surface area contributed by atoms with E-state index in [2.05, 4.69) is 27.0 Å². The number of hydrogen-bond acceptors (Lipinski definition) is 6. The lowest BCUT2D eigenvalue weighted by molar-refractivity contribution is -0.144. The van der Waals surface area contributed by atoms with Gasteiger partial charge in [-0.05, 0) is 71.2 Å². The minimum absolute atomic E-state index is 0.0766. The molecule has 0 N–H and O–H groups in total. The monoisotopic (exact) mass is 541 g/mol. The van der Waals surface area contributed by atoms with E-state index < -0.39 is 5.79 Å². The normalized spacial score (nSPS) is 18.2. The highest BCUT2D eigenvalue weighted by Gasteiger charge is 2.32. The summed E-state index contributed by atoms with van der Waals surface area (Å²) in [7, 11) is 0. The van der Waals surface area contributed by atoms with Crippen molar-refractivity contribution in [2.45, 2.75) is 32.2 Å². The van der Waals surface area contributed by atoms with E-state index in [9.17, 15) is 9.18 Å². The Labute approximate surface area is 191 Å². The van der Waals surface area contributed by atoms with E-state index in [-0.39, 0.29) is 30.9 Å². The zero-order valence-electron chi connectivity index (χ0n) is 16.6. The third-order valence-electron chi connectivity index (χ3n) is 4.91. The van der Waals surface area contributed by atoms with Crippen LogP contribution in [0.2, 0.25) is 0 Å². The predicted octanol–water partition coefficient (Wildman–Crippen LogP) is 4.98. The van der Waals surface area contributed by atoms with Gasteiger partial charge in [-0.3, -0.25) is 4.79 Å². The molecule has 8 heteroatoms. The first-order valence-electron chi connectivity index (χ1n) is 9.55. The van der Waals surface area contributed by atoms with E-state index in [0.29, 0.717) is 24.2 Å². The molecular formula is C22H21FINO4S. The summed E-state index contributed by atoms with van der Waals surface area (Å²) < 4.78 is 37.3. The molecule has 0 radical (unpaired) electrons. The molecule has 5 nitrogen and oxygen atoms in total. The van der Waals surface area contributed by atoms with Crippen molar-refractivity contribution in [1.82, 2.24) is 4.37 Å². The van der Waals surface area contributed by atoms with Gasteiger partial charge in [-0.1, -0.05) is 18.2 Å². The van der Waals surface area contributed by atoms with E-state index in [0.717, 1.165) is 19.2 Å². The fourth-order valence-electron chi connectivity index (χ4n) is 3.49. The standard InChI is InChI=1S/C22H21FINO4S/c1-22(2)28-11-16(29-22)10-27-12-20(26)17-6-4-14-9-25-30-21(14)18(17)7-13-3-5-15(24)8-19(13)23/h3-6,8-9,16H,7,10-12H2,1-2H3/t16-/m0/s1. The highest BCUT2D eigenvalue weighted by atomic mass is 127. The quantitative estimate of drug-likeness (QED) is 0.312. The van der Waals surface area contributed by atoms with Crippen LogP contribution >= 0.6 is 34.1 Å². The Balaban J connectivity index is 1.53. The highest BCUT2D eigenvalue weighted by Crippen LogP contribution is 2.30. The molecule has 1 aliphatic rings. The summed E-state index contributed by atoms with van der Waals surface area (Å²) in [5, 5.41) is 0.942. The number of ketones is 1. The number of halogens is 2. The Kier molecular flexibility index (Phi) is 6.50. The number of fused-ring (bicyclic) bond motifs is 1. The van der Waals surface area contributed by atoms with E-state index >= 15 is 0 Å². The summed E-state index contributed by atoms with van der Waals surface area (Å²) in [6.45, 7) is 4.33. The molecule has 2 aromatic carbocycles. The molecule has 1 saturated heterocycles. The van der Waals surface area contributed by atoms with Crippen LogP contribution in [-0.4, -0.2) is 41.9 Å². The number of Topliss-reactive ketones (excluding diaryl/α,β-unsaturated/α-hetero) is 1. The molecule has 30 heavy (non-hydrogen) atoms. The Morgan fingerprint density at radius 1 is 1.37 bits per heavy atom. The van der Waals surface area contributed by atoms with Gasteiger partial charge >= 0.3 is 0 Å². The molecule has 0 amide bonds. The second-order valence-corrected chi connectivity index (χ2v) is 9.68. The van der Waals surface area contributed by atoms with E-state index in [1.54, 1.807) is 18.3 Å². The van der Waals surface area contributed by atoms with Gasteiger partial charge in [-0.15, -0.1) is 0 Å². The predicted molar refractivity (Wildman–Crippen MR) is 122 cm³/mol. The summed E-state index contributed by atoms with van der Waals surface area (Å²) in [5.74, 6) is -1.05. The molecule has 1 fully saturated rings. The second-order valence-electron chi connectivity index (χ2n) is 7.64. The first kappa shape index (κ1) is 21.8. The Bertz CT molecular complexity index is 1080. The van der Waals surface area contributed by atoms with Gasteiger partial charge in [-0.2, -0.15) is 4.37 Å². The number of carbonyl (C=O) groups excluding carboxylic acids is 1. The number of carbonyl (C=O) groups is 1. The van der Waals surface area contributed by atoms with Crippen molar-refractivity contribution in [1.29, 1.82) is 0 Å². The lowest BCUT2D eigenvalue weighted by Gasteiger charge is -2.17. The summed E-state index contributed by atoms with van der Waals surface area (Å²) in [4.78, 5) is 13.0. The average molecular weight is 541 g/mol. The van der Waals surface area contributed by atoms with Gasteiger partial charge in [0.25, 0.3) is 0 Å². The molecule has 2 heterocycles. The molecule has 0 spiro atoms. The van der Waals surface area contributed by atoms with Crippen LogP contribution in [0.5, 0.6) is 0 Å². The van der Waals surface area contributed by atoms with Gasteiger partial charge in [0.05, 0.1) is 17.9 Å². The Hall–Kier alpha value is -1.46. The van der Waals surface area contributed by atoms with Crippen molar-refractivity contribution in [3.05, 3.63) is 62.6 Å². The van der Waals surface area contributed by atoms with Gasteiger partial charge in [0.2, 0.25) is 0 Å². The number of rotatable bonds is 7. The minimum atomic E-state index is -0.625. The summed E-state index contributed by atoms with van der Waals surface area (Å²) in [6, 6.07) is 8.78. The van der Waals surface area contributed by atoms with Crippen molar-refractivity contribution in [2.75, 3.05) is 19.8 Å². The van der Waals surface area contributed by atoms with Crippen LogP contribution in [0.4, 0.5) is 4.39 Å². The lowest BCUT2D eigenvalue weighted by Crippen LogP contribution is -2.25. The number of hydrogen-bond donors (Lipinski definition) is 0. The van der Waals surface area contributed by atoms with Crippen LogP contribution in [0.15, 0.2) is 36.5 Å². The maximum atomic E-state index is 14.5. The van der Waals surface area contributed by atoms with Crippen LogP contribution in [0.25, 0.3) is 10.1 Å². The van der Waals surface area contributed by atoms with Crippen LogP contribution in [0, 0.1) is 9.39 Å². The Morgan fingerprint density at radius 3 is 2.93 bits per heavy atom. The molecule has 3 aromatic rings. The van der Waals surface area contributed by atoms with Gasteiger partial charge < -0.3 is 14.2 Å². The van der Waals surface area contributed by atoms with Gasteiger partial charge in [0, 0.05) is 27.1 Å². The van der Waals surface area contributed by atoms with Crippen molar-refractivity contribution in [2.24, 2.45) is 0 Å². The van der Waals surface area contributed by atoms with Crippen molar-refractivity contribution in [3.63, 3.8) is 0 Å².